The molecule has 0 heterocycles. The number of halogens is 2. The number of nitrogens with two attached hydrogens (primary N) is 1. The quantitative estimate of drug-likeness (QED) is 0.826. The Morgan fingerprint density at radius 3 is 2.26 bits per heavy atom. The summed E-state index contributed by atoms with van der Waals surface area (Å²) in [4.78, 5) is 2.12. The van der Waals surface area contributed by atoms with Gasteiger partial charge in [0, 0.05) is 17.8 Å². The summed E-state index contributed by atoms with van der Waals surface area (Å²) in [7, 11) is 2.01. The number of benzene rings is 2. The van der Waals surface area contributed by atoms with E-state index in [1.54, 1.807) is 6.07 Å². The predicted molar refractivity (Wildman–Crippen MR) is 84.1 cm³/mol. The van der Waals surface area contributed by atoms with Crippen molar-refractivity contribution in [2.75, 3.05) is 17.7 Å². The van der Waals surface area contributed by atoms with Gasteiger partial charge in [-0.05, 0) is 42.8 Å². The van der Waals surface area contributed by atoms with Gasteiger partial charge in [0.05, 0.1) is 16.8 Å². The van der Waals surface area contributed by atoms with Crippen molar-refractivity contribution in [3.63, 3.8) is 0 Å². The van der Waals surface area contributed by atoms with Crippen LogP contribution < -0.4 is 10.6 Å². The van der Waals surface area contributed by atoms with Crippen LogP contribution >= 0.6 is 23.2 Å². The van der Waals surface area contributed by atoms with Gasteiger partial charge >= 0.3 is 0 Å². The second-order valence-electron chi connectivity index (χ2n) is 4.55. The van der Waals surface area contributed by atoms with E-state index in [-0.39, 0.29) is 6.04 Å². The summed E-state index contributed by atoms with van der Waals surface area (Å²) in [5.74, 6) is 0. The molecule has 2 nitrogen and oxygen atoms in total. The fourth-order valence-electron chi connectivity index (χ4n) is 1.98. The van der Waals surface area contributed by atoms with Crippen LogP contribution in [0.3, 0.4) is 0 Å². The Balaban J connectivity index is 2.27. The molecule has 0 fully saturated rings. The van der Waals surface area contributed by atoms with Crippen molar-refractivity contribution in [3.05, 3.63) is 58.1 Å². The van der Waals surface area contributed by atoms with Crippen molar-refractivity contribution in [1.82, 2.24) is 0 Å². The van der Waals surface area contributed by atoms with Gasteiger partial charge in [-0.3, -0.25) is 0 Å². The van der Waals surface area contributed by atoms with Crippen LogP contribution in [0.25, 0.3) is 0 Å². The van der Waals surface area contributed by atoms with E-state index in [2.05, 4.69) is 11.8 Å². The minimum Gasteiger partial charge on any atom is -0.399 e. The lowest BCUT2D eigenvalue weighted by Gasteiger charge is -2.28. The highest BCUT2D eigenvalue weighted by Crippen LogP contribution is 2.32. The van der Waals surface area contributed by atoms with Gasteiger partial charge in [-0.15, -0.1) is 0 Å². The zero-order chi connectivity index (χ0) is 14.0. The summed E-state index contributed by atoms with van der Waals surface area (Å²) < 4.78 is 0. The van der Waals surface area contributed by atoms with E-state index in [1.807, 2.05) is 43.4 Å². The molecule has 0 amide bonds. The summed E-state index contributed by atoms with van der Waals surface area (Å²) >= 11 is 12.1. The Hall–Kier alpha value is -1.38. The van der Waals surface area contributed by atoms with Crippen LogP contribution in [0.2, 0.25) is 10.0 Å². The molecule has 100 valence electrons. The Labute approximate surface area is 123 Å². The van der Waals surface area contributed by atoms with Gasteiger partial charge in [0.2, 0.25) is 0 Å². The Morgan fingerprint density at radius 2 is 1.68 bits per heavy atom. The molecular weight excluding hydrogens is 279 g/mol. The topological polar surface area (TPSA) is 29.3 Å². The highest BCUT2D eigenvalue weighted by Gasteiger charge is 2.14. The number of nitrogens with zero attached hydrogens (tertiary/aromatic N) is 1. The summed E-state index contributed by atoms with van der Waals surface area (Å²) in [6, 6.07) is 13.6. The van der Waals surface area contributed by atoms with Crippen LogP contribution in [0, 0.1) is 0 Å². The van der Waals surface area contributed by atoms with Crippen molar-refractivity contribution in [3.8, 4) is 0 Å². The van der Waals surface area contributed by atoms with Gasteiger partial charge in [0.1, 0.15) is 0 Å². The highest BCUT2D eigenvalue weighted by atomic mass is 35.5. The van der Waals surface area contributed by atoms with Crippen LogP contribution in [0.1, 0.15) is 18.5 Å². The molecule has 0 saturated heterocycles. The van der Waals surface area contributed by atoms with Crippen LogP contribution in [0.5, 0.6) is 0 Å². The van der Waals surface area contributed by atoms with Gasteiger partial charge in [-0.2, -0.15) is 0 Å². The first-order valence-electron chi connectivity index (χ1n) is 6.02. The van der Waals surface area contributed by atoms with Crippen molar-refractivity contribution in [2.45, 2.75) is 13.0 Å². The maximum Gasteiger partial charge on any atom is 0.0660 e. The first kappa shape index (κ1) is 14.0. The molecule has 0 saturated carbocycles. The summed E-state index contributed by atoms with van der Waals surface area (Å²) in [6.07, 6.45) is 0. The molecule has 2 aromatic rings. The number of anilines is 2. The van der Waals surface area contributed by atoms with Gasteiger partial charge in [0.15, 0.2) is 0 Å². The average molecular weight is 295 g/mol. The third kappa shape index (κ3) is 3.14. The molecule has 2 rings (SSSR count). The summed E-state index contributed by atoms with van der Waals surface area (Å²) in [6.45, 7) is 2.12. The molecule has 0 aliphatic rings. The Kier molecular flexibility index (Phi) is 4.23. The van der Waals surface area contributed by atoms with Crippen LogP contribution in [-0.2, 0) is 0 Å². The van der Waals surface area contributed by atoms with E-state index in [1.165, 1.54) is 5.56 Å². The minimum atomic E-state index is 0.193. The van der Waals surface area contributed by atoms with Crippen LogP contribution in [-0.4, -0.2) is 7.05 Å². The lowest BCUT2D eigenvalue weighted by molar-refractivity contribution is 0.740. The fraction of sp³-hybridized carbons (Fsp3) is 0.200. The Bertz CT molecular complexity index is 567. The number of nitrogen functional groups attached to an aromatic ring is 1. The molecule has 0 aliphatic carbocycles. The molecule has 2 N–H and O–H groups in total. The average Bonchev–Trinajstić information content (AvgIpc) is 2.38. The molecule has 1 atom stereocenters. The standard InChI is InChI=1S/C15H16Cl2N2/c1-10(11-3-5-12(16)6-4-11)19(2)15-8-7-13(18)9-14(15)17/h3-10H,18H2,1-2H3. The van der Waals surface area contributed by atoms with Crippen molar-refractivity contribution in [1.29, 1.82) is 0 Å². The third-order valence-corrected chi connectivity index (χ3v) is 3.84. The molecule has 1 unspecified atom stereocenters. The molecule has 0 spiro atoms. The number of hydrogen-bond donors (Lipinski definition) is 1. The molecule has 4 heteroatoms. The van der Waals surface area contributed by atoms with E-state index < -0.39 is 0 Å². The van der Waals surface area contributed by atoms with E-state index in [9.17, 15) is 0 Å². The van der Waals surface area contributed by atoms with E-state index >= 15 is 0 Å². The van der Waals surface area contributed by atoms with Crippen molar-refractivity contribution >= 4 is 34.6 Å². The van der Waals surface area contributed by atoms with Gasteiger partial charge in [0.25, 0.3) is 0 Å². The largest absolute Gasteiger partial charge is 0.399 e. The molecule has 0 aromatic heterocycles. The summed E-state index contributed by atoms with van der Waals surface area (Å²) in [5.41, 5.74) is 8.52. The first-order chi connectivity index (χ1) is 8.99. The van der Waals surface area contributed by atoms with Gasteiger partial charge in [-0.1, -0.05) is 35.3 Å². The molecule has 0 radical (unpaired) electrons. The van der Waals surface area contributed by atoms with Crippen molar-refractivity contribution < 1.29 is 0 Å². The number of hydrogen-bond acceptors (Lipinski definition) is 2. The van der Waals surface area contributed by atoms with E-state index in [0.29, 0.717) is 10.7 Å². The van der Waals surface area contributed by atoms with Crippen LogP contribution in [0.15, 0.2) is 42.5 Å². The molecule has 0 bridgehead atoms. The van der Waals surface area contributed by atoms with Gasteiger partial charge in [-0.25, -0.2) is 0 Å². The zero-order valence-corrected chi connectivity index (χ0v) is 12.4. The zero-order valence-electron chi connectivity index (χ0n) is 10.9. The van der Waals surface area contributed by atoms with Gasteiger partial charge < -0.3 is 10.6 Å². The molecule has 19 heavy (non-hydrogen) atoms. The molecule has 0 aliphatic heterocycles. The third-order valence-electron chi connectivity index (χ3n) is 3.29. The second-order valence-corrected chi connectivity index (χ2v) is 5.39. The normalized spacial score (nSPS) is 12.2. The maximum atomic E-state index is 6.24. The first-order valence-corrected chi connectivity index (χ1v) is 6.78. The molecule has 2 aromatic carbocycles. The maximum absolute atomic E-state index is 6.24. The predicted octanol–water partition coefficient (Wildman–Crippen LogP) is 4.77. The van der Waals surface area contributed by atoms with E-state index in [0.717, 1.165) is 10.7 Å². The summed E-state index contributed by atoms with van der Waals surface area (Å²) in [5, 5.41) is 1.40. The molecular formula is C15H16Cl2N2. The fourth-order valence-corrected chi connectivity index (χ4v) is 2.43. The highest BCUT2D eigenvalue weighted by molar-refractivity contribution is 6.33. The minimum absolute atomic E-state index is 0.193. The smallest absolute Gasteiger partial charge is 0.0660 e. The number of rotatable bonds is 3. The van der Waals surface area contributed by atoms with Crippen LogP contribution in [0.4, 0.5) is 11.4 Å². The van der Waals surface area contributed by atoms with E-state index in [4.69, 9.17) is 28.9 Å². The Morgan fingerprint density at radius 1 is 1.05 bits per heavy atom. The lowest BCUT2D eigenvalue weighted by Crippen LogP contribution is -2.21. The SMILES string of the molecule is CC(c1ccc(Cl)cc1)N(C)c1ccc(N)cc1Cl. The van der Waals surface area contributed by atoms with Crippen molar-refractivity contribution in [2.24, 2.45) is 0 Å². The second kappa shape index (κ2) is 5.72. The lowest BCUT2D eigenvalue weighted by atomic mass is 10.1. The monoisotopic (exact) mass is 294 g/mol.